The summed E-state index contributed by atoms with van der Waals surface area (Å²) < 4.78 is 10.6. The van der Waals surface area contributed by atoms with E-state index in [9.17, 15) is 4.79 Å². The first-order chi connectivity index (χ1) is 9.13. The lowest BCUT2D eigenvalue weighted by atomic mass is 10.0. The predicted octanol–water partition coefficient (Wildman–Crippen LogP) is 2.31. The van der Waals surface area contributed by atoms with E-state index in [2.05, 4.69) is 5.32 Å². The normalized spacial score (nSPS) is 15.4. The molecule has 1 aliphatic rings. The van der Waals surface area contributed by atoms with Crippen LogP contribution in [0.3, 0.4) is 0 Å². The maximum atomic E-state index is 11.3. The predicted molar refractivity (Wildman–Crippen MR) is 70.3 cm³/mol. The van der Waals surface area contributed by atoms with E-state index < -0.39 is 6.04 Å². The summed E-state index contributed by atoms with van der Waals surface area (Å²) in [6, 6.07) is 8.29. The molecule has 0 spiro atoms. The fraction of sp³-hybridized carbons (Fsp3) is 0.154. The zero-order valence-electron chi connectivity index (χ0n) is 9.85. The molecule has 6 heteroatoms. The van der Waals surface area contributed by atoms with Crippen LogP contribution in [0.15, 0.2) is 34.7 Å². The minimum atomic E-state index is -0.448. The average Bonchev–Trinajstić information content (AvgIpc) is 2.83. The Hall–Kier alpha value is -1.98. The Morgan fingerprint density at radius 3 is 2.89 bits per heavy atom. The lowest BCUT2D eigenvalue weighted by Gasteiger charge is -2.19. The molecule has 0 bridgehead atoms. The highest BCUT2D eigenvalue weighted by molar-refractivity contribution is 6.28. The number of carbonyl (C=O) groups is 1. The molecule has 3 rings (SSSR count). The van der Waals surface area contributed by atoms with Crippen molar-refractivity contribution in [3.8, 4) is 5.75 Å². The molecule has 1 aromatic heterocycles. The zero-order valence-corrected chi connectivity index (χ0v) is 10.6. The average molecular weight is 279 g/mol. The van der Waals surface area contributed by atoms with Crippen LogP contribution in [-0.2, 0) is 4.79 Å². The first-order valence-corrected chi connectivity index (χ1v) is 6.09. The van der Waals surface area contributed by atoms with E-state index in [0.29, 0.717) is 22.4 Å². The number of nitrogens with one attached hydrogen (secondary N) is 1. The van der Waals surface area contributed by atoms with Crippen LogP contribution in [0.1, 0.15) is 17.4 Å². The Balaban J connectivity index is 1.93. The van der Waals surface area contributed by atoms with Crippen molar-refractivity contribution in [3.05, 3.63) is 46.9 Å². The van der Waals surface area contributed by atoms with Gasteiger partial charge in [-0.15, -0.1) is 0 Å². The van der Waals surface area contributed by atoms with Crippen LogP contribution in [-0.4, -0.2) is 12.5 Å². The van der Waals surface area contributed by atoms with E-state index in [0.717, 1.165) is 5.56 Å². The van der Waals surface area contributed by atoms with Gasteiger partial charge in [-0.25, -0.2) is 0 Å². The number of hydrogen-bond acceptors (Lipinski definition) is 4. The molecule has 2 heterocycles. The molecule has 19 heavy (non-hydrogen) atoms. The van der Waals surface area contributed by atoms with Gasteiger partial charge in [-0.3, -0.25) is 4.79 Å². The van der Waals surface area contributed by atoms with Crippen molar-refractivity contribution in [3.63, 3.8) is 0 Å². The second kappa shape index (κ2) is 4.60. The quantitative estimate of drug-likeness (QED) is 0.884. The molecular formula is C13H11ClN2O3. The Labute approximate surface area is 114 Å². The van der Waals surface area contributed by atoms with Gasteiger partial charge in [0, 0.05) is 0 Å². The van der Waals surface area contributed by atoms with Crippen molar-refractivity contribution < 1.29 is 13.9 Å². The number of halogens is 1. The number of carbonyl (C=O) groups excluding carboxylic acids is 1. The summed E-state index contributed by atoms with van der Waals surface area (Å²) in [7, 11) is 0. The van der Waals surface area contributed by atoms with Crippen molar-refractivity contribution in [2.45, 2.75) is 6.04 Å². The third kappa shape index (κ3) is 2.30. The Morgan fingerprint density at radius 2 is 2.16 bits per heavy atom. The smallest absolute Gasteiger partial charge is 0.262 e. The summed E-state index contributed by atoms with van der Waals surface area (Å²) in [5.74, 6) is 1.01. The van der Waals surface area contributed by atoms with E-state index in [4.69, 9.17) is 26.5 Å². The largest absolute Gasteiger partial charge is 0.482 e. The van der Waals surface area contributed by atoms with Crippen molar-refractivity contribution in [2.24, 2.45) is 5.73 Å². The van der Waals surface area contributed by atoms with Gasteiger partial charge in [0.2, 0.25) is 0 Å². The monoisotopic (exact) mass is 278 g/mol. The van der Waals surface area contributed by atoms with E-state index in [1.165, 1.54) is 0 Å². The van der Waals surface area contributed by atoms with Crippen LogP contribution in [0.25, 0.3) is 0 Å². The van der Waals surface area contributed by atoms with E-state index in [1.807, 2.05) is 6.07 Å². The molecule has 0 radical (unpaired) electrons. The lowest BCUT2D eigenvalue weighted by Crippen LogP contribution is -2.25. The first-order valence-electron chi connectivity index (χ1n) is 5.71. The fourth-order valence-corrected chi connectivity index (χ4v) is 2.11. The van der Waals surface area contributed by atoms with E-state index in [1.54, 1.807) is 24.3 Å². The molecular weight excluding hydrogens is 268 g/mol. The molecule has 5 nitrogen and oxygen atoms in total. The number of fused-ring (bicyclic) bond motifs is 1. The number of hydrogen-bond donors (Lipinski definition) is 2. The number of nitrogens with two attached hydrogens (primary N) is 1. The minimum Gasteiger partial charge on any atom is -0.482 e. The van der Waals surface area contributed by atoms with Gasteiger partial charge in [0.15, 0.2) is 11.8 Å². The van der Waals surface area contributed by atoms with Crippen LogP contribution in [0.2, 0.25) is 5.22 Å². The summed E-state index contributed by atoms with van der Waals surface area (Å²) in [5, 5.41) is 3.03. The van der Waals surface area contributed by atoms with Crippen LogP contribution < -0.4 is 15.8 Å². The van der Waals surface area contributed by atoms with Gasteiger partial charge in [0.05, 0.1) is 11.7 Å². The third-order valence-electron chi connectivity index (χ3n) is 2.90. The van der Waals surface area contributed by atoms with Gasteiger partial charge >= 0.3 is 0 Å². The van der Waals surface area contributed by atoms with Crippen molar-refractivity contribution in [2.75, 3.05) is 11.9 Å². The zero-order chi connectivity index (χ0) is 13.4. The first kappa shape index (κ1) is 12.1. The summed E-state index contributed by atoms with van der Waals surface area (Å²) in [6.07, 6.45) is 0. The second-order valence-electron chi connectivity index (χ2n) is 4.21. The molecule has 98 valence electrons. The Kier molecular flexibility index (Phi) is 2.93. The van der Waals surface area contributed by atoms with Gasteiger partial charge in [0.25, 0.3) is 5.91 Å². The van der Waals surface area contributed by atoms with Gasteiger partial charge in [-0.05, 0) is 41.4 Å². The summed E-state index contributed by atoms with van der Waals surface area (Å²) >= 11 is 5.73. The number of furan rings is 1. The maximum Gasteiger partial charge on any atom is 0.262 e. The van der Waals surface area contributed by atoms with Crippen LogP contribution >= 0.6 is 11.6 Å². The topological polar surface area (TPSA) is 77.5 Å². The highest BCUT2D eigenvalue weighted by Gasteiger charge is 2.19. The maximum absolute atomic E-state index is 11.3. The standard InChI is InChI=1S/C13H11ClN2O3/c14-11-4-3-10(19-11)13(15)7-1-2-9-8(5-7)16-12(17)6-18-9/h1-5,13H,6,15H2,(H,16,17). The van der Waals surface area contributed by atoms with Crippen molar-refractivity contribution >= 4 is 23.2 Å². The number of ether oxygens (including phenoxy) is 1. The molecule has 1 aromatic carbocycles. The van der Waals surface area contributed by atoms with Crippen molar-refractivity contribution in [1.29, 1.82) is 0 Å². The lowest BCUT2D eigenvalue weighted by molar-refractivity contribution is -0.118. The molecule has 1 amide bonds. The molecule has 1 atom stereocenters. The van der Waals surface area contributed by atoms with Crippen LogP contribution in [0, 0.1) is 0 Å². The number of rotatable bonds is 2. The van der Waals surface area contributed by atoms with Gasteiger partial charge < -0.3 is 20.2 Å². The van der Waals surface area contributed by atoms with Crippen molar-refractivity contribution in [1.82, 2.24) is 0 Å². The number of anilines is 1. The molecule has 1 aliphatic heterocycles. The van der Waals surface area contributed by atoms with Gasteiger partial charge in [-0.2, -0.15) is 0 Å². The molecule has 3 N–H and O–H groups in total. The summed E-state index contributed by atoms with van der Waals surface area (Å²) in [4.78, 5) is 11.3. The third-order valence-corrected chi connectivity index (χ3v) is 3.10. The minimum absolute atomic E-state index is 0.0339. The molecule has 0 saturated carbocycles. The van der Waals surface area contributed by atoms with Gasteiger partial charge in [-0.1, -0.05) is 6.07 Å². The molecule has 2 aromatic rings. The molecule has 0 aliphatic carbocycles. The second-order valence-corrected chi connectivity index (χ2v) is 4.58. The number of amides is 1. The highest BCUT2D eigenvalue weighted by atomic mass is 35.5. The number of benzene rings is 1. The highest BCUT2D eigenvalue weighted by Crippen LogP contribution is 2.32. The van der Waals surface area contributed by atoms with E-state index >= 15 is 0 Å². The molecule has 0 saturated heterocycles. The Morgan fingerprint density at radius 1 is 1.32 bits per heavy atom. The Bertz CT molecular complexity index is 639. The van der Waals surface area contributed by atoms with Crippen LogP contribution in [0.4, 0.5) is 5.69 Å². The summed E-state index contributed by atoms with van der Waals surface area (Å²) in [5.41, 5.74) is 7.51. The SMILES string of the molecule is NC(c1ccc2c(c1)NC(=O)CO2)c1ccc(Cl)o1. The van der Waals surface area contributed by atoms with E-state index in [-0.39, 0.29) is 12.5 Å². The summed E-state index contributed by atoms with van der Waals surface area (Å²) in [6.45, 7) is 0.0339. The van der Waals surface area contributed by atoms with Crippen LogP contribution in [0.5, 0.6) is 5.75 Å². The fourth-order valence-electron chi connectivity index (χ4n) is 1.95. The molecule has 0 fully saturated rings. The van der Waals surface area contributed by atoms with Gasteiger partial charge in [0.1, 0.15) is 11.5 Å². The molecule has 1 unspecified atom stereocenters.